The van der Waals surface area contributed by atoms with Crippen LogP contribution in [0.25, 0.3) is 0 Å². The van der Waals surface area contributed by atoms with Crippen LogP contribution in [0.3, 0.4) is 0 Å². The highest BCUT2D eigenvalue weighted by molar-refractivity contribution is 9.10. The SMILES string of the molecule is Cc1ccc(Br)cc1OCc1cccc(N)c1C. The van der Waals surface area contributed by atoms with Crippen molar-refractivity contribution >= 4 is 21.6 Å². The molecule has 0 saturated heterocycles. The minimum absolute atomic E-state index is 0.536. The summed E-state index contributed by atoms with van der Waals surface area (Å²) in [6.07, 6.45) is 0. The Morgan fingerprint density at radius 2 is 1.94 bits per heavy atom. The number of aryl methyl sites for hydroxylation is 1. The fourth-order valence-corrected chi connectivity index (χ4v) is 2.08. The number of hydrogen-bond donors (Lipinski definition) is 1. The second-order valence-electron chi connectivity index (χ2n) is 4.33. The van der Waals surface area contributed by atoms with Crippen molar-refractivity contribution in [1.29, 1.82) is 0 Å². The van der Waals surface area contributed by atoms with Gasteiger partial charge in [0.15, 0.2) is 0 Å². The fourth-order valence-electron chi connectivity index (χ4n) is 1.74. The van der Waals surface area contributed by atoms with Crippen LogP contribution >= 0.6 is 15.9 Å². The predicted molar refractivity (Wildman–Crippen MR) is 78.8 cm³/mol. The zero-order valence-corrected chi connectivity index (χ0v) is 12.1. The number of rotatable bonds is 3. The van der Waals surface area contributed by atoms with Crippen molar-refractivity contribution in [2.75, 3.05) is 5.73 Å². The van der Waals surface area contributed by atoms with E-state index in [0.717, 1.165) is 32.6 Å². The zero-order chi connectivity index (χ0) is 13.1. The Labute approximate surface area is 116 Å². The molecular formula is C15H16BrNO. The van der Waals surface area contributed by atoms with Crippen LogP contribution in [0, 0.1) is 13.8 Å². The van der Waals surface area contributed by atoms with E-state index in [0.29, 0.717) is 6.61 Å². The van der Waals surface area contributed by atoms with Gasteiger partial charge in [-0.25, -0.2) is 0 Å². The van der Waals surface area contributed by atoms with Gasteiger partial charge in [0.25, 0.3) is 0 Å². The Bertz CT molecular complexity index is 564. The first kappa shape index (κ1) is 13.0. The summed E-state index contributed by atoms with van der Waals surface area (Å²) in [6.45, 7) is 4.59. The van der Waals surface area contributed by atoms with Crippen molar-refractivity contribution in [3.8, 4) is 5.75 Å². The predicted octanol–water partition coefficient (Wildman–Crippen LogP) is 4.23. The van der Waals surface area contributed by atoms with Crippen molar-refractivity contribution in [2.24, 2.45) is 0 Å². The van der Waals surface area contributed by atoms with E-state index in [1.165, 1.54) is 0 Å². The van der Waals surface area contributed by atoms with E-state index in [9.17, 15) is 0 Å². The lowest BCUT2D eigenvalue weighted by Gasteiger charge is -2.12. The first-order chi connectivity index (χ1) is 8.58. The maximum Gasteiger partial charge on any atom is 0.123 e. The van der Waals surface area contributed by atoms with E-state index in [1.54, 1.807) is 0 Å². The number of ether oxygens (including phenoxy) is 1. The Morgan fingerprint density at radius 1 is 1.17 bits per heavy atom. The molecule has 0 radical (unpaired) electrons. The third-order valence-corrected chi connectivity index (χ3v) is 3.51. The van der Waals surface area contributed by atoms with Crippen molar-refractivity contribution in [1.82, 2.24) is 0 Å². The normalized spacial score (nSPS) is 10.4. The molecule has 3 heteroatoms. The van der Waals surface area contributed by atoms with E-state index in [2.05, 4.69) is 15.9 Å². The monoisotopic (exact) mass is 305 g/mol. The van der Waals surface area contributed by atoms with Crippen molar-refractivity contribution < 1.29 is 4.74 Å². The van der Waals surface area contributed by atoms with Crippen LogP contribution in [0.15, 0.2) is 40.9 Å². The molecule has 2 N–H and O–H groups in total. The summed E-state index contributed by atoms with van der Waals surface area (Å²) < 4.78 is 6.87. The zero-order valence-electron chi connectivity index (χ0n) is 10.5. The molecule has 0 bridgehead atoms. The highest BCUT2D eigenvalue weighted by Gasteiger charge is 2.04. The highest BCUT2D eigenvalue weighted by atomic mass is 79.9. The van der Waals surface area contributed by atoms with E-state index in [4.69, 9.17) is 10.5 Å². The molecular weight excluding hydrogens is 290 g/mol. The summed E-state index contributed by atoms with van der Waals surface area (Å²) in [5, 5.41) is 0. The van der Waals surface area contributed by atoms with Crippen molar-refractivity contribution in [2.45, 2.75) is 20.5 Å². The molecule has 0 aromatic heterocycles. The van der Waals surface area contributed by atoms with Crippen molar-refractivity contribution in [3.05, 3.63) is 57.6 Å². The largest absolute Gasteiger partial charge is 0.489 e. The standard InChI is InChI=1S/C15H16BrNO/c1-10-6-7-13(16)8-15(10)18-9-12-4-3-5-14(17)11(12)2/h3-8H,9,17H2,1-2H3. The van der Waals surface area contributed by atoms with E-state index in [1.807, 2.05) is 50.2 Å². The third-order valence-electron chi connectivity index (χ3n) is 3.02. The Hall–Kier alpha value is -1.48. The molecule has 2 nitrogen and oxygen atoms in total. The topological polar surface area (TPSA) is 35.2 Å². The Kier molecular flexibility index (Phi) is 3.92. The molecule has 0 spiro atoms. The lowest BCUT2D eigenvalue weighted by Crippen LogP contribution is -2.01. The molecule has 18 heavy (non-hydrogen) atoms. The van der Waals surface area contributed by atoms with E-state index < -0.39 is 0 Å². The highest BCUT2D eigenvalue weighted by Crippen LogP contribution is 2.25. The number of nitrogen functional groups attached to an aromatic ring is 1. The Balaban J connectivity index is 2.16. The minimum atomic E-state index is 0.536. The molecule has 0 amide bonds. The number of halogens is 1. The molecule has 0 fully saturated rings. The smallest absolute Gasteiger partial charge is 0.123 e. The van der Waals surface area contributed by atoms with Crippen LogP contribution in [-0.2, 0) is 6.61 Å². The molecule has 94 valence electrons. The summed E-state index contributed by atoms with van der Waals surface area (Å²) in [4.78, 5) is 0. The minimum Gasteiger partial charge on any atom is -0.489 e. The number of nitrogens with two attached hydrogens (primary N) is 1. The molecule has 0 heterocycles. The third kappa shape index (κ3) is 2.85. The lowest BCUT2D eigenvalue weighted by molar-refractivity contribution is 0.303. The molecule has 2 rings (SSSR count). The van der Waals surface area contributed by atoms with Gasteiger partial charge in [0, 0.05) is 10.2 Å². The summed E-state index contributed by atoms with van der Waals surface area (Å²) >= 11 is 3.45. The quantitative estimate of drug-likeness (QED) is 0.861. The van der Waals surface area contributed by atoms with Crippen molar-refractivity contribution in [3.63, 3.8) is 0 Å². The van der Waals surface area contributed by atoms with Gasteiger partial charge in [0.05, 0.1) is 0 Å². The number of hydrogen-bond acceptors (Lipinski definition) is 2. The van der Waals surface area contributed by atoms with Gasteiger partial charge in [-0.2, -0.15) is 0 Å². The molecule has 0 aliphatic carbocycles. The van der Waals surface area contributed by atoms with Crippen LogP contribution < -0.4 is 10.5 Å². The van der Waals surface area contributed by atoms with Crippen LogP contribution in [0.4, 0.5) is 5.69 Å². The second-order valence-corrected chi connectivity index (χ2v) is 5.25. The van der Waals surface area contributed by atoms with Gasteiger partial charge in [-0.15, -0.1) is 0 Å². The van der Waals surface area contributed by atoms with Gasteiger partial charge in [-0.05, 0) is 48.7 Å². The summed E-state index contributed by atoms with van der Waals surface area (Å²) in [6, 6.07) is 11.9. The number of benzene rings is 2. The maximum absolute atomic E-state index is 5.88. The Morgan fingerprint density at radius 3 is 2.72 bits per heavy atom. The molecule has 0 saturated carbocycles. The van der Waals surface area contributed by atoms with Gasteiger partial charge in [0.1, 0.15) is 12.4 Å². The van der Waals surface area contributed by atoms with E-state index >= 15 is 0 Å². The van der Waals surface area contributed by atoms with Gasteiger partial charge in [-0.3, -0.25) is 0 Å². The van der Waals surface area contributed by atoms with Gasteiger partial charge < -0.3 is 10.5 Å². The van der Waals surface area contributed by atoms with Crippen LogP contribution in [0.1, 0.15) is 16.7 Å². The molecule has 0 aliphatic heterocycles. The summed E-state index contributed by atoms with van der Waals surface area (Å²) in [7, 11) is 0. The lowest BCUT2D eigenvalue weighted by atomic mass is 10.1. The average molecular weight is 306 g/mol. The van der Waals surface area contributed by atoms with Gasteiger partial charge in [-0.1, -0.05) is 34.1 Å². The number of anilines is 1. The van der Waals surface area contributed by atoms with E-state index in [-0.39, 0.29) is 0 Å². The van der Waals surface area contributed by atoms with Crippen LogP contribution in [0.2, 0.25) is 0 Å². The van der Waals surface area contributed by atoms with Crippen LogP contribution in [-0.4, -0.2) is 0 Å². The van der Waals surface area contributed by atoms with Gasteiger partial charge in [0.2, 0.25) is 0 Å². The first-order valence-corrected chi connectivity index (χ1v) is 6.60. The average Bonchev–Trinajstić information content (AvgIpc) is 2.35. The van der Waals surface area contributed by atoms with Crippen LogP contribution in [0.5, 0.6) is 5.75 Å². The molecule has 2 aromatic carbocycles. The molecule has 0 aliphatic rings. The molecule has 2 aromatic rings. The second kappa shape index (κ2) is 5.44. The fraction of sp³-hybridized carbons (Fsp3) is 0.200. The molecule has 0 atom stereocenters. The maximum atomic E-state index is 5.88. The summed E-state index contributed by atoms with van der Waals surface area (Å²) in [5.41, 5.74) is 10.0. The van der Waals surface area contributed by atoms with Gasteiger partial charge >= 0.3 is 0 Å². The summed E-state index contributed by atoms with van der Waals surface area (Å²) in [5.74, 6) is 0.895. The first-order valence-electron chi connectivity index (χ1n) is 5.81. The molecule has 0 unspecified atom stereocenters.